The van der Waals surface area contributed by atoms with Gasteiger partial charge in [-0.3, -0.25) is 4.90 Å². The molecule has 2 aliphatic heterocycles. The lowest BCUT2D eigenvalue weighted by Crippen LogP contribution is -2.25. The fourth-order valence-electron chi connectivity index (χ4n) is 4.57. The number of carbonyl (C=O) groups is 1. The molecule has 2 aliphatic rings. The molecule has 3 aromatic rings. The number of ether oxygens (including phenoxy) is 3. The molecule has 5 rings (SSSR count). The van der Waals surface area contributed by atoms with Crippen LogP contribution >= 0.6 is 0 Å². The van der Waals surface area contributed by atoms with Crippen molar-refractivity contribution in [2.24, 2.45) is 4.99 Å². The number of methoxy groups -OCH3 is 1. The highest BCUT2D eigenvalue weighted by atomic mass is 16.6. The van der Waals surface area contributed by atoms with Gasteiger partial charge in [0.05, 0.1) is 6.61 Å². The Morgan fingerprint density at radius 2 is 2.05 bits per heavy atom. The fourth-order valence-corrected chi connectivity index (χ4v) is 4.57. The number of carbonyl (C=O) groups excluding carboxylic acids is 1. The summed E-state index contributed by atoms with van der Waals surface area (Å²) in [6.07, 6.45) is 7.41. The smallest absolute Gasteiger partial charge is 0.347 e. The van der Waals surface area contributed by atoms with E-state index in [1.165, 1.54) is 20.0 Å². The van der Waals surface area contributed by atoms with Crippen LogP contribution in [0.1, 0.15) is 40.1 Å². The third-order valence-electron chi connectivity index (χ3n) is 6.67. The quantitative estimate of drug-likeness (QED) is 0.261. The molecule has 0 saturated carbocycles. The first-order valence-electron chi connectivity index (χ1n) is 13.0. The Hall–Kier alpha value is -4.15. The van der Waals surface area contributed by atoms with Crippen LogP contribution in [-0.2, 0) is 9.47 Å². The molecule has 1 saturated heterocycles. The predicted octanol–water partition coefficient (Wildman–Crippen LogP) is 4.97. The number of esters is 1. The van der Waals surface area contributed by atoms with Crippen LogP contribution in [0, 0.1) is 6.92 Å². The maximum Gasteiger partial charge on any atom is 0.347 e. The van der Waals surface area contributed by atoms with Gasteiger partial charge in [-0.1, -0.05) is 0 Å². The number of nitrogens with zero attached hydrogens (tertiary/aromatic N) is 3. The fraction of sp³-hybridized carbons (Fsp3) is 0.345. The summed E-state index contributed by atoms with van der Waals surface area (Å²) in [6, 6.07) is 9.31. The van der Waals surface area contributed by atoms with Crippen LogP contribution in [0.3, 0.4) is 0 Å². The molecular weight excluding hydrogens is 500 g/mol. The molecule has 0 unspecified atom stereocenters. The highest BCUT2D eigenvalue weighted by Crippen LogP contribution is 2.40. The van der Waals surface area contributed by atoms with E-state index in [1.54, 1.807) is 24.6 Å². The van der Waals surface area contributed by atoms with Crippen molar-refractivity contribution in [2.75, 3.05) is 51.9 Å². The Balaban J connectivity index is 1.38. The SMILES string of the molecule is COCCOC(=O)c1c(Nc2ccc(OCCN3CCCC3)cc2C)oc(C=C2C=Nc3ncccc32)c1O. The molecule has 0 amide bonds. The Labute approximate surface area is 226 Å². The highest BCUT2D eigenvalue weighted by Gasteiger charge is 2.28. The van der Waals surface area contributed by atoms with Gasteiger partial charge < -0.3 is 29.1 Å². The second-order valence-electron chi connectivity index (χ2n) is 9.38. The summed E-state index contributed by atoms with van der Waals surface area (Å²) in [5, 5.41) is 14.2. The number of aliphatic imine (C=N–C) groups is 1. The van der Waals surface area contributed by atoms with E-state index in [4.69, 9.17) is 18.6 Å². The number of nitrogens with one attached hydrogen (secondary N) is 1. The van der Waals surface area contributed by atoms with E-state index in [9.17, 15) is 9.90 Å². The average molecular weight is 533 g/mol. The number of likely N-dealkylation sites (tertiary alicyclic amines) is 1. The number of furan rings is 1. The van der Waals surface area contributed by atoms with E-state index in [0.29, 0.717) is 23.7 Å². The van der Waals surface area contributed by atoms with Gasteiger partial charge in [0.2, 0.25) is 5.88 Å². The predicted molar refractivity (Wildman–Crippen MR) is 148 cm³/mol. The summed E-state index contributed by atoms with van der Waals surface area (Å²) in [7, 11) is 1.51. The van der Waals surface area contributed by atoms with Crippen molar-refractivity contribution in [1.82, 2.24) is 9.88 Å². The number of fused-ring (bicyclic) bond motifs is 1. The second kappa shape index (κ2) is 12.1. The number of aryl methyl sites for hydroxylation is 1. The second-order valence-corrected chi connectivity index (χ2v) is 9.38. The first-order chi connectivity index (χ1) is 19.0. The van der Waals surface area contributed by atoms with Gasteiger partial charge >= 0.3 is 5.97 Å². The zero-order valence-corrected chi connectivity index (χ0v) is 22.1. The molecule has 204 valence electrons. The van der Waals surface area contributed by atoms with Gasteiger partial charge in [-0.2, -0.15) is 0 Å². The van der Waals surface area contributed by atoms with Crippen molar-refractivity contribution in [2.45, 2.75) is 19.8 Å². The van der Waals surface area contributed by atoms with Crippen molar-refractivity contribution < 1.29 is 28.5 Å². The third kappa shape index (κ3) is 6.13. The lowest BCUT2D eigenvalue weighted by atomic mass is 10.1. The topological polar surface area (TPSA) is 119 Å². The molecule has 39 heavy (non-hydrogen) atoms. The standard InChI is InChI=1S/C29H32N4O6/c1-19-16-21(37-13-12-33-10-3-4-11-33)7-8-23(19)32-28-25(29(35)38-15-14-36-2)26(34)24(39-28)17-20-18-31-27-22(20)6-5-9-30-27/h5-9,16-18,32,34H,3-4,10-15H2,1-2H3. The van der Waals surface area contributed by atoms with Gasteiger partial charge in [-0.05, 0) is 74.8 Å². The molecule has 1 fully saturated rings. The summed E-state index contributed by atoms with van der Waals surface area (Å²) < 4.78 is 22.2. The van der Waals surface area contributed by atoms with Crippen LogP contribution in [0.5, 0.6) is 11.5 Å². The highest BCUT2D eigenvalue weighted by molar-refractivity contribution is 6.21. The Bertz CT molecular complexity index is 1390. The molecule has 10 nitrogen and oxygen atoms in total. The zero-order valence-electron chi connectivity index (χ0n) is 22.1. The molecule has 0 atom stereocenters. The molecule has 0 spiro atoms. The summed E-state index contributed by atoms with van der Waals surface area (Å²) in [5.41, 5.74) is 2.95. The van der Waals surface area contributed by atoms with Gasteiger partial charge in [-0.25, -0.2) is 14.8 Å². The summed E-state index contributed by atoms with van der Waals surface area (Å²) in [5.74, 6) is 0.422. The number of pyridine rings is 1. The van der Waals surface area contributed by atoms with Gasteiger partial charge in [0.1, 0.15) is 19.0 Å². The lowest BCUT2D eigenvalue weighted by Gasteiger charge is -2.16. The molecule has 0 radical (unpaired) electrons. The van der Waals surface area contributed by atoms with E-state index < -0.39 is 5.97 Å². The van der Waals surface area contributed by atoms with E-state index in [2.05, 4.69) is 20.2 Å². The minimum Gasteiger partial charge on any atom is -0.504 e. The number of anilines is 2. The van der Waals surface area contributed by atoms with Gasteiger partial charge in [0.25, 0.3) is 0 Å². The van der Waals surface area contributed by atoms with Crippen molar-refractivity contribution in [3.8, 4) is 11.5 Å². The third-order valence-corrected chi connectivity index (χ3v) is 6.67. The zero-order chi connectivity index (χ0) is 27.2. The maximum atomic E-state index is 12.9. The van der Waals surface area contributed by atoms with E-state index in [-0.39, 0.29) is 36.2 Å². The monoisotopic (exact) mass is 532 g/mol. The minimum atomic E-state index is -0.734. The molecular formula is C29H32N4O6. The molecule has 4 heterocycles. The van der Waals surface area contributed by atoms with E-state index in [1.807, 2.05) is 31.2 Å². The average Bonchev–Trinajstić information content (AvgIpc) is 3.66. The molecule has 0 aliphatic carbocycles. The van der Waals surface area contributed by atoms with Crippen LogP contribution in [0.25, 0.3) is 11.6 Å². The normalized spacial score (nSPS) is 15.6. The van der Waals surface area contributed by atoms with Crippen molar-refractivity contribution >= 4 is 41.2 Å². The lowest BCUT2D eigenvalue weighted by molar-refractivity contribution is 0.0386. The minimum absolute atomic E-state index is 0.0318. The first-order valence-corrected chi connectivity index (χ1v) is 13.0. The summed E-state index contributed by atoms with van der Waals surface area (Å²) >= 11 is 0. The Morgan fingerprint density at radius 3 is 2.85 bits per heavy atom. The van der Waals surface area contributed by atoms with Gasteiger partial charge in [0, 0.05) is 42.9 Å². The van der Waals surface area contributed by atoms with Crippen molar-refractivity contribution in [3.05, 3.63) is 59.0 Å². The number of aromatic hydroxyl groups is 1. The molecule has 2 aromatic heterocycles. The van der Waals surface area contributed by atoms with Crippen molar-refractivity contribution in [3.63, 3.8) is 0 Å². The van der Waals surface area contributed by atoms with E-state index in [0.717, 1.165) is 36.5 Å². The Kier molecular flexibility index (Phi) is 8.24. The van der Waals surface area contributed by atoms with Crippen LogP contribution in [-0.4, -0.2) is 73.7 Å². The van der Waals surface area contributed by atoms with Crippen LogP contribution in [0.4, 0.5) is 17.4 Å². The van der Waals surface area contributed by atoms with Crippen LogP contribution in [0.2, 0.25) is 0 Å². The van der Waals surface area contributed by atoms with Crippen LogP contribution in [0.15, 0.2) is 45.9 Å². The first kappa shape index (κ1) is 26.5. The summed E-state index contributed by atoms with van der Waals surface area (Å²) in [4.78, 5) is 23.9. The van der Waals surface area contributed by atoms with Crippen molar-refractivity contribution in [1.29, 1.82) is 0 Å². The Morgan fingerprint density at radius 1 is 1.21 bits per heavy atom. The number of hydrogen-bond acceptors (Lipinski definition) is 10. The summed E-state index contributed by atoms with van der Waals surface area (Å²) in [6.45, 7) is 5.97. The van der Waals surface area contributed by atoms with E-state index >= 15 is 0 Å². The largest absolute Gasteiger partial charge is 0.504 e. The number of benzene rings is 1. The maximum absolute atomic E-state index is 12.9. The van der Waals surface area contributed by atoms with Gasteiger partial charge in [0.15, 0.2) is 22.9 Å². The molecule has 2 N–H and O–H groups in total. The van der Waals surface area contributed by atoms with Gasteiger partial charge in [-0.15, -0.1) is 0 Å². The molecule has 10 heteroatoms. The molecule has 1 aromatic carbocycles. The number of allylic oxidation sites excluding steroid dienone is 1. The van der Waals surface area contributed by atoms with Crippen LogP contribution < -0.4 is 10.1 Å². The number of hydrogen-bond donors (Lipinski definition) is 2. The number of rotatable bonds is 11. The number of aromatic nitrogens is 1. The molecule has 0 bridgehead atoms.